The summed E-state index contributed by atoms with van der Waals surface area (Å²) in [7, 11) is 0. The maximum Gasteiger partial charge on any atom is 0.331 e. The molecule has 0 unspecified atom stereocenters. The highest BCUT2D eigenvalue weighted by atomic mass is 19.1. The topological polar surface area (TPSA) is 68.5 Å². The predicted molar refractivity (Wildman–Crippen MR) is 73.7 cm³/mol. The van der Waals surface area contributed by atoms with E-state index in [0.717, 1.165) is 18.2 Å². The summed E-state index contributed by atoms with van der Waals surface area (Å²) in [4.78, 5) is 22.8. The van der Waals surface area contributed by atoms with E-state index >= 15 is 0 Å². The van der Waals surface area contributed by atoms with E-state index in [1.165, 1.54) is 12.3 Å². The van der Waals surface area contributed by atoms with Gasteiger partial charge in [0.15, 0.2) is 6.61 Å². The first-order chi connectivity index (χ1) is 10.5. The zero-order valence-electron chi connectivity index (χ0n) is 11.2. The van der Waals surface area contributed by atoms with E-state index in [1.807, 2.05) is 0 Å². The highest BCUT2D eigenvalue weighted by Gasteiger charge is 2.09. The summed E-state index contributed by atoms with van der Waals surface area (Å²) >= 11 is 0. The van der Waals surface area contributed by atoms with Gasteiger partial charge in [0.25, 0.3) is 5.91 Å². The van der Waals surface area contributed by atoms with Gasteiger partial charge in [0.05, 0.1) is 12.0 Å². The van der Waals surface area contributed by atoms with Gasteiger partial charge in [-0.05, 0) is 30.3 Å². The summed E-state index contributed by atoms with van der Waals surface area (Å²) in [6.07, 6.45) is 3.90. The smallest absolute Gasteiger partial charge is 0.331 e. The fourth-order valence-electron chi connectivity index (χ4n) is 1.50. The molecule has 0 spiro atoms. The van der Waals surface area contributed by atoms with Crippen LogP contribution in [0.3, 0.4) is 0 Å². The maximum absolute atomic E-state index is 13.3. The molecule has 0 fully saturated rings. The normalized spacial score (nSPS) is 10.6. The first-order valence-electron chi connectivity index (χ1n) is 6.18. The lowest BCUT2D eigenvalue weighted by Gasteiger charge is -2.06. The number of furan rings is 1. The lowest BCUT2D eigenvalue weighted by Crippen LogP contribution is -2.20. The van der Waals surface area contributed by atoms with Gasteiger partial charge in [-0.2, -0.15) is 0 Å². The molecule has 1 aromatic carbocycles. The van der Waals surface area contributed by atoms with Crippen LogP contribution in [0.1, 0.15) is 5.76 Å². The molecule has 0 radical (unpaired) electrons. The van der Waals surface area contributed by atoms with Gasteiger partial charge in [0, 0.05) is 12.1 Å². The molecule has 1 N–H and O–H groups in total. The number of halogens is 2. The molecule has 114 valence electrons. The van der Waals surface area contributed by atoms with Crippen molar-refractivity contribution in [3.05, 3.63) is 60.1 Å². The van der Waals surface area contributed by atoms with Crippen molar-refractivity contribution in [1.82, 2.24) is 0 Å². The Morgan fingerprint density at radius 2 is 2.09 bits per heavy atom. The van der Waals surface area contributed by atoms with E-state index in [2.05, 4.69) is 10.1 Å². The summed E-state index contributed by atoms with van der Waals surface area (Å²) in [6.45, 7) is -0.599. The zero-order valence-corrected chi connectivity index (χ0v) is 11.2. The van der Waals surface area contributed by atoms with Crippen LogP contribution in [-0.4, -0.2) is 18.5 Å². The molecular formula is C15H11F2NO4. The monoisotopic (exact) mass is 307 g/mol. The van der Waals surface area contributed by atoms with Gasteiger partial charge in [-0.1, -0.05) is 0 Å². The van der Waals surface area contributed by atoms with E-state index in [-0.39, 0.29) is 5.69 Å². The summed E-state index contributed by atoms with van der Waals surface area (Å²) in [5, 5.41) is 2.16. The van der Waals surface area contributed by atoms with Gasteiger partial charge in [0.1, 0.15) is 17.4 Å². The number of esters is 1. The van der Waals surface area contributed by atoms with Crippen LogP contribution in [0.5, 0.6) is 0 Å². The number of hydrogen-bond donors (Lipinski definition) is 1. The van der Waals surface area contributed by atoms with Crippen molar-refractivity contribution in [3.63, 3.8) is 0 Å². The number of benzene rings is 1. The molecule has 22 heavy (non-hydrogen) atoms. The van der Waals surface area contributed by atoms with Crippen molar-refractivity contribution >= 4 is 23.6 Å². The standard InChI is InChI=1S/C15H11F2NO4/c16-10-3-5-13(12(17)8-10)18-14(19)9-22-15(20)6-4-11-2-1-7-21-11/h1-8H,9H2,(H,18,19)/b6-4+. The molecule has 2 rings (SSSR count). The lowest BCUT2D eigenvalue weighted by atomic mass is 10.3. The Labute approximate surface area is 124 Å². The van der Waals surface area contributed by atoms with Crippen LogP contribution in [-0.2, 0) is 14.3 Å². The molecule has 1 aromatic heterocycles. The van der Waals surface area contributed by atoms with E-state index in [0.29, 0.717) is 11.8 Å². The second kappa shape index (κ2) is 7.16. The SMILES string of the molecule is O=C(COC(=O)/C=C/c1ccco1)Nc1ccc(F)cc1F. The third kappa shape index (κ3) is 4.55. The quantitative estimate of drug-likeness (QED) is 0.681. The number of rotatable bonds is 5. The number of carbonyl (C=O) groups is 2. The predicted octanol–water partition coefficient (Wildman–Crippen LogP) is 2.75. The zero-order chi connectivity index (χ0) is 15.9. The van der Waals surface area contributed by atoms with Crippen LogP contribution in [0.2, 0.25) is 0 Å². The van der Waals surface area contributed by atoms with Gasteiger partial charge in [-0.15, -0.1) is 0 Å². The summed E-state index contributed by atoms with van der Waals surface area (Å²) in [6, 6.07) is 5.98. The van der Waals surface area contributed by atoms with Gasteiger partial charge < -0.3 is 14.5 Å². The van der Waals surface area contributed by atoms with Crippen molar-refractivity contribution in [1.29, 1.82) is 0 Å². The highest BCUT2D eigenvalue weighted by molar-refractivity contribution is 5.94. The fraction of sp³-hybridized carbons (Fsp3) is 0.0667. The molecule has 2 aromatic rings. The Balaban J connectivity index is 1.81. The minimum atomic E-state index is -0.919. The molecule has 0 saturated carbocycles. The third-order valence-corrected chi connectivity index (χ3v) is 2.48. The number of carbonyl (C=O) groups excluding carboxylic acids is 2. The van der Waals surface area contributed by atoms with E-state index < -0.39 is 30.1 Å². The molecular weight excluding hydrogens is 296 g/mol. The first kappa shape index (κ1) is 15.4. The van der Waals surface area contributed by atoms with Crippen LogP contribution in [0.15, 0.2) is 47.1 Å². The number of anilines is 1. The lowest BCUT2D eigenvalue weighted by molar-refractivity contribution is -0.142. The summed E-state index contributed by atoms with van der Waals surface area (Å²) < 4.78 is 35.6. The minimum absolute atomic E-state index is 0.200. The van der Waals surface area contributed by atoms with Crippen molar-refractivity contribution in [2.75, 3.05) is 11.9 Å². The fourth-order valence-corrected chi connectivity index (χ4v) is 1.50. The van der Waals surface area contributed by atoms with Crippen LogP contribution >= 0.6 is 0 Å². The molecule has 0 aliphatic heterocycles. The Hall–Kier alpha value is -2.96. The number of hydrogen-bond acceptors (Lipinski definition) is 4. The molecule has 1 amide bonds. The van der Waals surface area contributed by atoms with Crippen molar-refractivity contribution in [2.45, 2.75) is 0 Å². The molecule has 1 heterocycles. The van der Waals surface area contributed by atoms with Crippen molar-refractivity contribution in [3.8, 4) is 0 Å². The van der Waals surface area contributed by atoms with Crippen molar-refractivity contribution in [2.24, 2.45) is 0 Å². The molecule has 0 bridgehead atoms. The molecule has 0 atom stereocenters. The first-order valence-corrected chi connectivity index (χ1v) is 6.18. The Kier molecular flexibility index (Phi) is 5.02. The second-order valence-electron chi connectivity index (χ2n) is 4.13. The van der Waals surface area contributed by atoms with Crippen LogP contribution in [0.25, 0.3) is 6.08 Å². The van der Waals surface area contributed by atoms with Crippen LogP contribution < -0.4 is 5.32 Å². The maximum atomic E-state index is 13.3. The minimum Gasteiger partial charge on any atom is -0.465 e. The van der Waals surface area contributed by atoms with E-state index in [9.17, 15) is 18.4 Å². The van der Waals surface area contributed by atoms with Crippen LogP contribution in [0, 0.1) is 11.6 Å². The van der Waals surface area contributed by atoms with Gasteiger partial charge >= 0.3 is 5.97 Å². The molecule has 5 nitrogen and oxygen atoms in total. The molecule has 7 heteroatoms. The van der Waals surface area contributed by atoms with Crippen LogP contribution in [0.4, 0.5) is 14.5 Å². The Morgan fingerprint density at radius 3 is 2.77 bits per heavy atom. The third-order valence-electron chi connectivity index (χ3n) is 2.48. The molecule has 0 aliphatic carbocycles. The van der Waals surface area contributed by atoms with Crippen molar-refractivity contribution < 1.29 is 27.5 Å². The van der Waals surface area contributed by atoms with Gasteiger partial charge in [0.2, 0.25) is 0 Å². The van der Waals surface area contributed by atoms with E-state index in [1.54, 1.807) is 12.1 Å². The number of nitrogens with one attached hydrogen (secondary N) is 1. The molecule has 0 aliphatic rings. The van der Waals surface area contributed by atoms with E-state index in [4.69, 9.17) is 4.42 Å². The average molecular weight is 307 g/mol. The number of amides is 1. The summed E-state index contributed by atoms with van der Waals surface area (Å²) in [5.74, 6) is -2.73. The Morgan fingerprint density at radius 1 is 1.27 bits per heavy atom. The van der Waals surface area contributed by atoms with Gasteiger partial charge in [-0.3, -0.25) is 4.79 Å². The summed E-state index contributed by atoms with van der Waals surface area (Å²) in [5.41, 5.74) is -0.200. The highest BCUT2D eigenvalue weighted by Crippen LogP contribution is 2.14. The Bertz CT molecular complexity index is 696. The number of ether oxygens (including phenoxy) is 1. The largest absolute Gasteiger partial charge is 0.465 e. The average Bonchev–Trinajstić information content (AvgIpc) is 2.99. The second-order valence-corrected chi connectivity index (χ2v) is 4.13. The van der Waals surface area contributed by atoms with Gasteiger partial charge in [-0.25, -0.2) is 13.6 Å². The molecule has 0 saturated heterocycles.